The first-order valence-corrected chi connectivity index (χ1v) is 6.11. The summed E-state index contributed by atoms with van der Waals surface area (Å²) in [5.74, 6) is -0.335. The maximum absolute atomic E-state index is 11.8. The molecule has 0 bridgehead atoms. The van der Waals surface area contributed by atoms with Crippen molar-refractivity contribution in [3.63, 3.8) is 0 Å². The van der Waals surface area contributed by atoms with Crippen LogP contribution in [0.15, 0.2) is 46.2 Å². The predicted molar refractivity (Wildman–Crippen MR) is 75.0 cm³/mol. The lowest BCUT2D eigenvalue weighted by molar-refractivity contribution is 0.0953. The lowest BCUT2D eigenvalue weighted by atomic mass is 10.1. The van der Waals surface area contributed by atoms with Crippen molar-refractivity contribution in [3.05, 3.63) is 57.4 Å². The topological polar surface area (TPSA) is 62.0 Å². The highest BCUT2D eigenvalue weighted by Crippen LogP contribution is 2.09. The number of hydrogen-bond acceptors (Lipinski definition) is 2. The maximum atomic E-state index is 11.8. The summed E-state index contributed by atoms with van der Waals surface area (Å²) in [6.45, 7) is 3.93. The second-order valence-electron chi connectivity index (χ2n) is 3.80. The SMILES string of the molecule is C=C(Br)CNC(=O)c1cc2ccccc2c(=O)[nH]1. The molecule has 1 aromatic carbocycles. The molecule has 2 N–H and O–H groups in total. The third kappa shape index (κ3) is 2.68. The quantitative estimate of drug-likeness (QED) is 0.913. The van der Waals surface area contributed by atoms with Gasteiger partial charge in [0.1, 0.15) is 5.69 Å². The molecule has 2 aromatic rings. The van der Waals surface area contributed by atoms with Crippen molar-refractivity contribution in [2.24, 2.45) is 0 Å². The Kier molecular flexibility index (Phi) is 3.62. The van der Waals surface area contributed by atoms with Crippen LogP contribution in [0, 0.1) is 0 Å². The normalized spacial score (nSPS) is 10.3. The molecule has 1 aromatic heterocycles. The van der Waals surface area contributed by atoms with Gasteiger partial charge in [0.05, 0.1) is 0 Å². The van der Waals surface area contributed by atoms with Gasteiger partial charge >= 0.3 is 0 Å². The van der Waals surface area contributed by atoms with Crippen molar-refractivity contribution in [2.75, 3.05) is 6.54 Å². The van der Waals surface area contributed by atoms with Gasteiger partial charge < -0.3 is 10.3 Å². The largest absolute Gasteiger partial charge is 0.346 e. The molecule has 0 saturated heterocycles. The predicted octanol–water partition coefficient (Wildman–Crippen LogP) is 2.17. The van der Waals surface area contributed by atoms with E-state index in [4.69, 9.17) is 0 Å². The molecule has 1 heterocycles. The highest BCUT2D eigenvalue weighted by Gasteiger charge is 2.08. The summed E-state index contributed by atoms with van der Waals surface area (Å²) in [5.41, 5.74) is -0.0247. The molecule has 0 saturated carbocycles. The Morgan fingerprint density at radius 3 is 2.83 bits per heavy atom. The van der Waals surface area contributed by atoms with Crippen molar-refractivity contribution in [1.82, 2.24) is 10.3 Å². The number of amides is 1. The van der Waals surface area contributed by atoms with Crippen LogP contribution in [0.5, 0.6) is 0 Å². The fourth-order valence-electron chi connectivity index (χ4n) is 1.60. The molecule has 0 fully saturated rings. The number of rotatable bonds is 3. The van der Waals surface area contributed by atoms with E-state index in [1.165, 1.54) is 0 Å². The van der Waals surface area contributed by atoms with Gasteiger partial charge in [-0.1, -0.05) is 40.7 Å². The molecule has 18 heavy (non-hydrogen) atoms. The third-order valence-electron chi connectivity index (χ3n) is 2.44. The standard InChI is InChI=1S/C13H11BrN2O2/c1-8(14)7-15-13(18)11-6-9-4-2-3-5-10(9)12(17)16-11/h2-6H,1,7H2,(H,15,18)(H,16,17). The number of benzene rings is 1. The minimum absolute atomic E-state index is 0.243. The zero-order valence-electron chi connectivity index (χ0n) is 9.50. The Morgan fingerprint density at radius 1 is 1.39 bits per heavy atom. The van der Waals surface area contributed by atoms with Crippen LogP contribution >= 0.6 is 15.9 Å². The van der Waals surface area contributed by atoms with E-state index < -0.39 is 0 Å². The number of carbonyl (C=O) groups is 1. The molecule has 2 rings (SSSR count). The number of carbonyl (C=O) groups excluding carboxylic acids is 1. The Balaban J connectivity index is 2.37. The third-order valence-corrected chi connectivity index (χ3v) is 2.72. The summed E-state index contributed by atoms with van der Waals surface area (Å²) in [6, 6.07) is 8.78. The number of nitrogens with one attached hydrogen (secondary N) is 2. The number of aromatic nitrogens is 1. The number of fused-ring (bicyclic) bond motifs is 1. The van der Waals surface area contributed by atoms with Crippen molar-refractivity contribution < 1.29 is 4.79 Å². The van der Waals surface area contributed by atoms with Crippen molar-refractivity contribution >= 4 is 32.6 Å². The van der Waals surface area contributed by atoms with Crippen molar-refractivity contribution in [3.8, 4) is 0 Å². The molecule has 1 amide bonds. The van der Waals surface area contributed by atoms with E-state index in [2.05, 4.69) is 32.8 Å². The number of pyridine rings is 1. The van der Waals surface area contributed by atoms with Crippen LogP contribution in [-0.4, -0.2) is 17.4 Å². The van der Waals surface area contributed by atoms with Gasteiger partial charge in [-0.3, -0.25) is 9.59 Å². The summed E-state index contributed by atoms with van der Waals surface area (Å²) in [4.78, 5) is 26.1. The summed E-state index contributed by atoms with van der Waals surface area (Å²) < 4.78 is 0.666. The molecule has 0 spiro atoms. The number of hydrogen-bond donors (Lipinski definition) is 2. The Bertz CT molecular complexity index is 676. The minimum atomic E-state index is -0.335. The molecule has 0 radical (unpaired) electrons. The Hall–Kier alpha value is -1.88. The van der Waals surface area contributed by atoms with Gasteiger partial charge in [0, 0.05) is 16.4 Å². The van der Waals surface area contributed by atoms with Crippen LogP contribution in [-0.2, 0) is 0 Å². The molecular formula is C13H11BrN2O2. The zero-order chi connectivity index (χ0) is 13.1. The van der Waals surface area contributed by atoms with E-state index >= 15 is 0 Å². The van der Waals surface area contributed by atoms with Crippen molar-refractivity contribution in [2.45, 2.75) is 0 Å². The Morgan fingerprint density at radius 2 is 2.11 bits per heavy atom. The van der Waals surface area contributed by atoms with Crippen LogP contribution in [0.4, 0.5) is 0 Å². The molecule has 0 unspecified atom stereocenters. The van der Waals surface area contributed by atoms with Crippen LogP contribution in [0.1, 0.15) is 10.5 Å². The second-order valence-corrected chi connectivity index (χ2v) is 4.92. The first-order valence-electron chi connectivity index (χ1n) is 5.31. The van der Waals surface area contributed by atoms with Crippen LogP contribution in [0.25, 0.3) is 10.8 Å². The molecule has 92 valence electrons. The van der Waals surface area contributed by atoms with Crippen molar-refractivity contribution in [1.29, 1.82) is 0 Å². The fourth-order valence-corrected chi connectivity index (χ4v) is 1.74. The minimum Gasteiger partial charge on any atom is -0.346 e. The summed E-state index contributed by atoms with van der Waals surface area (Å²) >= 11 is 3.15. The fraction of sp³-hybridized carbons (Fsp3) is 0.0769. The average molecular weight is 307 g/mol. The van der Waals surface area contributed by atoms with Gasteiger partial charge in [-0.2, -0.15) is 0 Å². The first kappa shape index (κ1) is 12.6. The van der Waals surface area contributed by atoms with E-state index in [0.717, 1.165) is 5.39 Å². The summed E-state index contributed by atoms with van der Waals surface area (Å²) in [5, 5.41) is 3.94. The lowest BCUT2D eigenvalue weighted by Crippen LogP contribution is -2.27. The van der Waals surface area contributed by atoms with E-state index in [1.54, 1.807) is 24.3 Å². The maximum Gasteiger partial charge on any atom is 0.268 e. The molecule has 0 atom stereocenters. The smallest absolute Gasteiger partial charge is 0.268 e. The van der Waals surface area contributed by atoms with E-state index in [9.17, 15) is 9.59 Å². The highest BCUT2D eigenvalue weighted by atomic mass is 79.9. The molecule has 0 aliphatic heterocycles. The van der Waals surface area contributed by atoms with Crippen LogP contribution in [0.2, 0.25) is 0 Å². The molecule has 0 aliphatic rings. The van der Waals surface area contributed by atoms with Gasteiger partial charge in [-0.25, -0.2) is 0 Å². The monoisotopic (exact) mass is 306 g/mol. The highest BCUT2D eigenvalue weighted by molar-refractivity contribution is 9.11. The van der Waals surface area contributed by atoms with Gasteiger partial charge in [-0.15, -0.1) is 0 Å². The first-order chi connectivity index (χ1) is 8.58. The van der Waals surface area contributed by atoms with Gasteiger partial charge in [0.2, 0.25) is 0 Å². The molecule has 0 aliphatic carbocycles. The van der Waals surface area contributed by atoms with Gasteiger partial charge in [0.15, 0.2) is 0 Å². The van der Waals surface area contributed by atoms with Gasteiger partial charge in [0.25, 0.3) is 11.5 Å². The molecule has 4 nitrogen and oxygen atoms in total. The number of aromatic amines is 1. The molecular weight excluding hydrogens is 296 g/mol. The van der Waals surface area contributed by atoms with E-state index in [-0.39, 0.29) is 17.2 Å². The van der Waals surface area contributed by atoms with E-state index in [1.807, 2.05) is 6.07 Å². The number of H-pyrrole nitrogens is 1. The van der Waals surface area contributed by atoms with Crippen LogP contribution < -0.4 is 10.9 Å². The average Bonchev–Trinajstić information content (AvgIpc) is 2.36. The second kappa shape index (κ2) is 5.18. The zero-order valence-corrected chi connectivity index (χ0v) is 11.1. The number of halogens is 1. The summed E-state index contributed by atoms with van der Waals surface area (Å²) in [7, 11) is 0. The Labute approximate surface area is 112 Å². The molecule has 5 heteroatoms. The van der Waals surface area contributed by atoms with Crippen LogP contribution in [0.3, 0.4) is 0 Å². The van der Waals surface area contributed by atoms with Gasteiger partial charge in [-0.05, 0) is 17.5 Å². The lowest BCUT2D eigenvalue weighted by Gasteiger charge is -2.05. The van der Waals surface area contributed by atoms with E-state index in [0.29, 0.717) is 16.4 Å². The summed E-state index contributed by atoms with van der Waals surface area (Å²) in [6.07, 6.45) is 0.